The number of hydrogen-bond donors (Lipinski definition) is 4. The van der Waals surface area contributed by atoms with E-state index in [2.05, 4.69) is 10.6 Å². The van der Waals surface area contributed by atoms with Crippen LogP contribution in [0.4, 0.5) is 14.9 Å². The molecule has 0 saturated heterocycles. The van der Waals surface area contributed by atoms with Gasteiger partial charge in [-0.15, -0.1) is 0 Å². The van der Waals surface area contributed by atoms with E-state index in [1.807, 2.05) is 0 Å². The normalized spacial score (nSPS) is 9.83. The minimum absolute atomic E-state index is 0.152. The van der Waals surface area contributed by atoms with Crippen LogP contribution < -0.4 is 16.4 Å². The number of rotatable bonds is 6. The summed E-state index contributed by atoms with van der Waals surface area (Å²) in [6.45, 7) is 0.494. The van der Waals surface area contributed by atoms with Crippen molar-refractivity contribution in [3.05, 3.63) is 30.1 Å². The third kappa shape index (κ3) is 5.83. The fraction of sp³-hybridized carbons (Fsp3) is 0.333. The first-order chi connectivity index (χ1) is 8.58. The molecule has 98 valence electrons. The molecule has 0 aliphatic rings. The zero-order valence-electron chi connectivity index (χ0n) is 10.0. The number of amides is 2. The van der Waals surface area contributed by atoms with Crippen LogP contribution in [0.1, 0.15) is 19.3 Å². The largest absolute Gasteiger partial charge is 0.388 e. The number of urea groups is 1. The second-order valence-corrected chi connectivity index (χ2v) is 3.87. The molecule has 0 aliphatic carbocycles. The lowest BCUT2D eigenvalue weighted by Gasteiger charge is -2.07. The van der Waals surface area contributed by atoms with E-state index in [1.54, 1.807) is 6.07 Å². The predicted octanol–water partition coefficient (Wildman–Crippen LogP) is 2.05. The van der Waals surface area contributed by atoms with Gasteiger partial charge >= 0.3 is 6.03 Å². The number of carbonyl (C=O) groups is 1. The molecule has 0 saturated carbocycles. The van der Waals surface area contributed by atoms with Gasteiger partial charge < -0.3 is 16.4 Å². The molecule has 5 nitrogen and oxygen atoms in total. The Morgan fingerprint density at radius 2 is 2.17 bits per heavy atom. The molecule has 1 aromatic rings. The summed E-state index contributed by atoms with van der Waals surface area (Å²) >= 11 is 0. The minimum Gasteiger partial charge on any atom is -0.388 e. The number of anilines is 1. The van der Waals surface area contributed by atoms with Gasteiger partial charge in [0.25, 0.3) is 0 Å². The molecule has 1 aromatic carbocycles. The molecular formula is C12H17FN4O. The third-order valence-corrected chi connectivity index (χ3v) is 2.24. The lowest BCUT2D eigenvalue weighted by molar-refractivity contribution is 0.252. The maximum absolute atomic E-state index is 12.8. The Labute approximate surface area is 105 Å². The molecule has 0 aromatic heterocycles. The van der Waals surface area contributed by atoms with Crippen molar-refractivity contribution in [2.75, 3.05) is 11.9 Å². The first-order valence-corrected chi connectivity index (χ1v) is 5.71. The molecule has 5 N–H and O–H groups in total. The van der Waals surface area contributed by atoms with Gasteiger partial charge in [-0.05, 0) is 31.0 Å². The van der Waals surface area contributed by atoms with Crippen LogP contribution in [0.5, 0.6) is 0 Å². The van der Waals surface area contributed by atoms with Crippen LogP contribution in [0.15, 0.2) is 24.3 Å². The van der Waals surface area contributed by atoms with Crippen molar-refractivity contribution in [3.8, 4) is 0 Å². The molecule has 0 unspecified atom stereocenters. The van der Waals surface area contributed by atoms with Gasteiger partial charge in [0.15, 0.2) is 0 Å². The SMILES string of the molecule is N=C(N)CCCCNC(=O)Nc1cccc(F)c1. The van der Waals surface area contributed by atoms with Gasteiger partial charge in [-0.2, -0.15) is 0 Å². The van der Waals surface area contributed by atoms with E-state index >= 15 is 0 Å². The molecule has 0 radical (unpaired) electrons. The Balaban J connectivity index is 2.20. The van der Waals surface area contributed by atoms with Gasteiger partial charge in [0.1, 0.15) is 5.82 Å². The molecule has 1 rings (SSSR count). The van der Waals surface area contributed by atoms with E-state index in [-0.39, 0.29) is 11.9 Å². The Hall–Kier alpha value is -2.11. The first-order valence-electron chi connectivity index (χ1n) is 5.71. The van der Waals surface area contributed by atoms with Gasteiger partial charge in [-0.3, -0.25) is 5.41 Å². The molecular weight excluding hydrogens is 235 g/mol. The number of amidine groups is 1. The molecule has 0 atom stereocenters. The number of benzene rings is 1. The summed E-state index contributed by atoms with van der Waals surface area (Å²) < 4.78 is 12.8. The fourth-order valence-electron chi connectivity index (χ4n) is 1.38. The standard InChI is InChI=1S/C12H17FN4O/c13-9-4-3-5-10(8-9)17-12(18)16-7-2-1-6-11(14)15/h3-5,8H,1-2,6-7H2,(H3,14,15)(H2,16,17,18). The second kappa shape index (κ2) is 7.26. The van der Waals surface area contributed by atoms with Gasteiger partial charge in [0.2, 0.25) is 0 Å². The number of nitrogens with one attached hydrogen (secondary N) is 3. The van der Waals surface area contributed by atoms with Crippen LogP contribution in [0.2, 0.25) is 0 Å². The summed E-state index contributed by atoms with van der Waals surface area (Å²) in [5, 5.41) is 12.2. The van der Waals surface area contributed by atoms with Crippen molar-refractivity contribution in [2.45, 2.75) is 19.3 Å². The van der Waals surface area contributed by atoms with Crippen LogP contribution >= 0.6 is 0 Å². The van der Waals surface area contributed by atoms with Crippen molar-refractivity contribution in [1.29, 1.82) is 5.41 Å². The summed E-state index contributed by atoms with van der Waals surface area (Å²) in [6.07, 6.45) is 2.04. The number of unbranched alkanes of at least 4 members (excludes halogenated alkanes) is 1. The fourth-order valence-corrected chi connectivity index (χ4v) is 1.38. The molecule has 6 heteroatoms. The highest BCUT2D eigenvalue weighted by Crippen LogP contribution is 2.08. The Kier molecular flexibility index (Phi) is 5.63. The number of carbonyl (C=O) groups excluding carboxylic acids is 1. The van der Waals surface area contributed by atoms with E-state index < -0.39 is 5.82 Å². The van der Waals surface area contributed by atoms with E-state index in [0.717, 1.165) is 12.8 Å². The molecule has 18 heavy (non-hydrogen) atoms. The van der Waals surface area contributed by atoms with Crippen LogP contribution in [-0.2, 0) is 0 Å². The van der Waals surface area contributed by atoms with Crippen LogP contribution in [0.25, 0.3) is 0 Å². The highest BCUT2D eigenvalue weighted by atomic mass is 19.1. The highest BCUT2D eigenvalue weighted by molar-refractivity contribution is 5.89. The third-order valence-electron chi connectivity index (χ3n) is 2.24. The number of halogens is 1. The minimum atomic E-state index is -0.394. The van der Waals surface area contributed by atoms with Crippen LogP contribution in [-0.4, -0.2) is 18.4 Å². The second-order valence-electron chi connectivity index (χ2n) is 3.87. The van der Waals surface area contributed by atoms with Crippen molar-refractivity contribution in [2.24, 2.45) is 5.73 Å². The molecule has 0 heterocycles. The van der Waals surface area contributed by atoms with Crippen LogP contribution in [0.3, 0.4) is 0 Å². The van der Waals surface area contributed by atoms with E-state index in [0.29, 0.717) is 18.7 Å². The summed E-state index contributed by atoms with van der Waals surface area (Å²) in [4.78, 5) is 11.4. The molecule has 0 spiro atoms. The first kappa shape index (κ1) is 14.0. The average molecular weight is 252 g/mol. The molecule has 0 fully saturated rings. The van der Waals surface area contributed by atoms with Crippen molar-refractivity contribution in [1.82, 2.24) is 5.32 Å². The lowest BCUT2D eigenvalue weighted by Crippen LogP contribution is -2.29. The monoisotopic (exact) mass is 252 g/mol. The van der Waals surface area contributed by atoms with Gasteiger partial charge in [-0.25, -0.2) is 9.18 Å². The predicted molar refractivity (Wildman–Crippen MR) is 69.2 cm³/mol. The summed E-state index contributed by atoms with van der Waals surface area (Å²) in [7, 11) is 0. The van der Waals surface area contributed by atoms with Gasteiger partial charge in [-0.1, -0.05) is 6.07 Å². The lowest BCUT2D eigenvalue weighted by atomic mass is 10.2. The smallest absolute Gasteiger partial charge is 0.319 e. The molecule has 0 bridgehead atoms. The van der Waals surface area contributed by atoms with Gasteiger partial charge in [0, 0.05) is 18.7 Å². The highest BCUT2D eigenvalue weighted by Gasteiger charge is 2.01. The summed E-state index contributed by atoms with van der Waals surface area (Å²) in [6, 6.07) is 5.32. The summed E-state index contributed by atoms with van der Waals surface area (Å²) in [5.74, 6) is -0.242. The van der Waals surface area contributed by atoms with E-state index in [4.69, 9.17) is 11.1 Å². The van der Waals surface area contributed by atoms with E-state index in [9.17, 15) is 9.18 Å². The van der Waals surface area contributed by atoms with E-state index in [1.165, 1.54) is 18.2 Å². The Morgan fingerprint density at radius 3 is 2.83 bits per heavy atom. The number of hydrogen-bond acceptors (Lipinski definition) is 2. The Morgan fingerprint density at radius 1 is 1.39 bits per heavy atom. The van der Waals surface area contributed by atoms with Crippen molar-refractivity contribution in [3.63, 3.8) is 0 Å². The topological polar surface area (TPSA) is 91.0 Å². The van der Waals surface area contributed by atoms with Gasteiger partial charge in [0.05, 0.1) is 5.84 Å². The zero-order valence-corrected chi connectivity index (χ0v) is 10.0. The summed E-state index contributed by atoms with van der Waals surface area (Å²) in [5.41, 5.74) is 5.61. The average Bonchev–Trinajstić information content (AvgIpc) is 2.28. The zero-order chi connectivity index (χ0) is 13.4. The van der Waals surface area contributed by atoms with Crippen LogP contribution in [0, 0.1) is 11.2 Å². The molecule has 2 amide bonds. The van der Waals surface area contributed by atoms with Crippen molar-refractivity contribution < 1.29 is 9.18 Å². The van der Waals surface area contributed by atoms with Crippen molar-refractivity contribution >= 4 is 17.6 Å². The maximum atomic E-state index is 12.8. The maximum Gasteiger partial charge on any atom is 0.319 e. The quantitative estimate of drug-likeness (QED) is 0.354. The Bertz CT molecular complexity index is 422. The molecule has 0 aliphatic heterocycles. The number of nitrogens with two attached hydrogens (primary N) is 1.